The Morgan fingerprint density at radius 2 is 0.944 bits per heavy atom. The maximum Gasteiger partial charge on any atom is 0.0645 e. The topological polar surface area (TPSA) is 3.24 Å². The second-order valence-corrected chi connectivity index (χ2v) is 14.7. The first-order chi connectivity index (χ1) is 28.2. The van der Waals surface area contributed by atoms with Crippen molar-refractivity contribution in [1.29, 1.82) is 0 Å². The molecule has 1 aliphatic rings. The van der Waals surface area contributed by atoms with Crippen LogP contribution in [0.4, 0.5) is 17.1 Å². The summed E-state index contributed by atoms with van der Waals surface area (Å²) in [5, 5.41) is 3.95. The third kappa shape index (κ3) is 5.32. The minimum atomic E-state index is -0.301. The standard InChI is InChI=1S/C53H39N/c1-53(2)51-24-14-13-23-48(51)49-30-29-43(35-52(49)53)54(44-32-40(36-15-5-3-6-16-36)31-41(33-44)37-17-7-4-8-18-37)42-27-25-38(26-28-42)50-34-39-19-9-10-20-45(39)46-21-11-12-22-47(46)50/h3-35H,1-2H3/i25D,26D,27D,28D. The summed E-state index contributed by atoms with van der Waals surface area (Å²) >= 11 is 0. The van der Waals surface area contributed by atoms with Crippen LogP contribution in [0.2, 0.25) is 0 Å². The van der Waals surface area contributed by atoms with Crippen LogP contribution in [0, 0.1) is 0 Å². The minimum absolute atomic E-state index is 0.0853. The molecule has 0 heterocycles. The Bertz CT molecular complexity index is 2990. The fourth-order valence-electron chi connectivity index (χ4n) is 8.39. The predicted octanol–water partition coefficient (Wildman–Crippen LogP) is 14.8. The van der Waals surface area contributed by atoms with Crippen molar-refractivity contribution >= 4 is 38.6 Å². The lowest BCUT2D eigenvalue weighted by molar-refractivity contribution is 0.660. The van der Waals surface area contributed by atoms with E-state index in [9.17, 15) is 5.48 Å². The average molecular weight is 694 g/mol. The molecule has 1 heteroatoms. The second kappa shape index (κ2) is 12.8. The number of hydrogen-bond donors (Lipinski definition) is 0. The molecular weight excluding hydrogens is 651 g/mol. The van der Waals surface area contributed by atoms with Gasteiger partial charge in [-0.3, -0.25) is 0 Å². The minimum Gasteiger partial charge on any atom is -0.310 e. The summed E-state index contributed by atoms with van der Waals surface area (Å²) in [6, 6.07) is 59.6. The summed E-state index contributed by atoms with van der Waals surface area (Å²) < 4.78 is 39.2. The molecular formula is C53H39N. The summed E-state index contributed by atoms with van der Waals surface area (Å²) in [7, 11) is 0. The Morgan fingerprint density at radius 3 is 1.65 bits per heavy atom. The van der Waals surface area contributed by atoms with Crippen molar-refractivity contribution in [2.45, 2.75) is 19.3 Å². The van der Waals surface area contributed by atoms with E-state index < -0.39 is 0 Å². The van der Waals surface area contributed by atoms with Crippen LogP contribution in [0.1, 0.15) is 30.5 Å². The van der Waals surface area contributed by atoms with Crippen LogP contribution in [0.5, 0.6) is 0 Å². The molecule has 10 rings (SSSR count). The summed E-state index contributed by atoms with van der Waals surface area (Å²) in [4.78, 5) is 1.95. The van der Waals surface area contributed by atoms with E-state index in [1.807, 2.05) is 83.8 Å². The lowest BCUT2D eigenvalue weighted by Gasteiger charge is -2.29. The summed E-state index contributed by atoms with van der Waals surface area (Å²) in [6.45, 7) is 4.49. The summed E-state index contributed by atoms with van der Waals surface area (Å²) in [5.41, 5.74) is 11.1. The smallest absolute Gasteiger partial charge is 0.0645 e. The van der Waals surface area contributed by atoms with Crippen molar-refractivity contribution in [3.05, 3.63) is 211 Å². The van der Waals surface area contributed by atoms with Crippen LogP contribution in [0.3, 0.4) is 0 Å². The molecule has 0 atom stereocenters. The summed E-state index contributed by atoms with van der Waals surface area (Å²) in [6.07, 6.45) is 0. The van der Waals surface area contributed by atoms with Gasteiger partial charge in [0.1, 0.15) is 0 Å². The van der Waals surface area contributed by atoms with Gasteiger partial charge in [0.05, 0.1) is 5.48 Å². The number of benzene rings is 9. The maximum atomic E-state index is 9.86. The van der Waals surface area contributed by atoms with Gasteiger partial charge in [-0.2, -0.15) is 0 Å². The molecule has 0 saturated heterocycles. The van der Waals surface area contributed by atoms with Crippen LogP contribution < -0.4 is 4.90 Å². The van der Waals surface area contributed by atoms with E-state index in [0.717, 1.165) is 66.3 Å². The molecule has 256 valence electrons. The van der Waals surface area contributed by atoms with Crippen molar-refractivity contribution in [2.24, 2.45) is 0 Å². The Hall–Kier alpha value is -6.70. The normalized spacial score (nSPS) is 13.8. The number of hydrogen-bond acceptors (Lipinski definition) is 1. The third-order valence-corrected chi connectivity index (χ3v) is 11.1. The van der Waals surface area contributed by atoms with Gasteiger partial charge in [0.15, 0.2) is 0 Å². The average Bonchev–Trinajstić information content (AvgIpc) is 3.50. The first-order valence-electron chi connectivity index (χ1n) is 20.5. The highest BCUT2D eigenvalue weighted by Crippen LogP contribution is 2.51. The third-order valence-electron chi connectivity index (χ3n) is 11.1. The zero-order valence-electron chi connectivity index (χ0n) is 34.2. The molecule has 1 nitrogen and oxygen atoms in total. The van der Waals surface area contributed by atoms with Gasteiger partial charge in [-0.05, 0) is 126 Å². The molecule has 9 aromatic rings. The van der Waals surface area contributed by atoms with Crippen molar-refractivity contribution in [2.75, 3.05) is 4.90 Å². The fraction of sp³-hybridized carbons (Fsp3) is 0.0566. The van der Waals surface area contributed by atoms with Crippen molar-refractivity contribution in [3.63, 3.8) is 0 Å². The molecule has 0 radical (unpaired) electrons. The van der Waals surface area contributed by atoms with Gasteiger partial charge in [-0.25, -0.2) is 0 Å². The molecule has 0 N–H and O–H groups in total. The second-order valence-electron chi connectivity index (χ2n) is 14.7. The number of anilines is 3. The van der Waals surface area contributed by atoms with Gasteiger partial charge in [0.25, 0.3) is 0 Å². The molecule has 9 aromatic carbocycles. The lowest BCUT2D eigenvalue weighted by Crippen LogP contribution is -2.16. The van der Waals surface area contributed by atoms with Gasteiger partial charge in [-0.1, -0.05) is 165 Å². The van der Waals surface area contributed by atoms with Gasteiger partial charge in [-0.15, -0.1) is 0 Å². The highest BCUT2D eigenvalue weighted by molar-refractivity contribution is 6.13. The van der Waals surface area contributed by atoms with E-state index in [2.05, 4.69) is 111 Å². The monoisotopic (exact) mass is 693 g/mol. The lowest BCUT2D eigenvalue weighted by atomic mass is 9.82. The van der Waals surface area contributed by atoms with Gasteiger partial charge >= 0.3 is 0 Å². The first-order valence-corrected chi connectivity index (χ1v) is 18.5. The van der Waals surface area contributed by atoms with Crippen LogP contribution in [0.15, 0.2) is 200 Å². The molecule has 0 aromatic heterocycles. The van der Waals surface area contributed by atoms with E-state index in [0.29, 0.717) is 5.56 Å². The highest BCUT2D eigenvalue weighted by Gasteiger charge is 2.35. The van der Waals surface area contributed by atoms with Crippen LogP contribution in [0.25, 0.3) is 66.1 Å². The van der Waals surface area contributed by atoms with E-state index in [1.165, 1.54) is 11.1 Å². The van der Waals surface area contributed by atoms with Crippen molar-refractivity contribution in [1.82, 2.24) is 0 Å². The quantitative estimate of drug-likeness (QED) is 0.157. The molecule has 0 saturated carbocycles. The Kier molecular flexibility index (Phi) is 6.59. The first kappa shape index (κ1) is 27.9. The van der Waals surface area contributed by atoms with E-state index in [1.54, 1.807) is 0 Å². The van der Waals surface area contributed by atoms with Crippen LogP contribution in [-0.2, 0) is 5.41 Å². The van der Waals surface area contributed by atoms with Crippen LogP contribution in [-0.4, -0.2) is 0 Å². The van der Waals surface area contributed by atoms with Crippen LogP contribution >= 0.6 is 0 Å². The molecule has 0 amide bonds. The molecule has 0 spiro atoms. The SMILES string of the molecule is [2H]c1c([2H])c(N(c2cc(-c3ccccc3)cc(-c3ccccc3)c2)c2ccc3c(c2)C(C)(C)c2ccccc2-3)c([2H])c([2H])c1-c1cc2ccccc2c2ccccc12. The Labute approximate surface area is 323 Å². The van der Waals surface area contributed by atoms with Crippen molar-refractivity contribution < 1.29 is 5.48 Å². The highest BCUT2D eigenvalue weighted by atomic mass is 15.1. The molecule has 0 bridgehead atoms. The zero-order valence-corrected chi connectivity index (χ0v) is 30.2. The number of fused-ring (bicyclic) bond motifs is 6. The largest absolute Gasteiger partial charge is 0.310 e. The predicted molar refractivity (Wildman–Crippen MR) is 230 cm³/mol. The molecule has 0 aliphatic heterocycles. The molecule has 0 unspecified atom stereocenters. The maximum absolute atomic E-state index is 9.86. The van der Waals surface area contributed by atoms with Crippen molar-refractivity contribution in [3.8, 4) is 44.5 Å². The van der Waals surface area contributed by atoms with Gasteiger partial charge < -0.3 is 4.90 Å². The molecule has 54 heavy (non-hydrogen) atoms. The Morgan fingerprint density at radius 1 is 0.370 bits per heavy atom. The van der Waals surface area contributed by atoms with E-state index in [-0.39, 0.29) is 40.8 Å². The zero-order chi connectivity index (χ0) is 39.7. The molecule has 1 aliphatic carbocycles. The summed E-state index contributed by atoms with van der Waals surface area (Å²) in [5.74, 6) is 0. The van der Waals surface area contributed by atoms with Gasteiger partial charge in [0.2, 0.25) is 0 Å². The van der Waals surface area contributed by atoms with E-state index in [4.69, 9.17) is 0 Å². The Balaban J connectivity index is 1.26. The van der Waals surface area contributed by atoms with Gasteiger partial charge in [0, 0.05) is 22.5 Å². The molecule has 0 fully saturated rings. The fourth-order valence-corrected chi connectivity index (χ4v) is 8.39. The number of rotatable bonds is 6. The van der Waals surface area contributed by atoms with E-state index >= 15 is 0 Å². The number of nitrogens with zero attached hydrogens (tertiary/aromatic N) is 1.